The lowest BCUT2D eigenvalue weighted by molar-refractivity contribution is 0.288. The molecule has 0 saturated heterocycles. The number of hydrogen-bond donors (Lipinski definition) is 0. The minimum atomic E-state index is 0.153. The average molecular weight is 402 g/mol. The fraction of sp³-hybridized carbons (Fsp3) is 0.300. The predicted molar refractivity (Wildman–Crippen MR) is 100 cm³/mol. The second kappa shape index (κ2) is 5.73. The highest BCUT2D eigenvalue weighted by atomic mass is 127. The minimum Gasteiger partial charge on any atom is -0.485 e. The van der Waals surface area contributed by atoms with Crippen LogP contribution in [0.1, 0.15) is 30.4 Å². The van der Waals surface area contributed by atoms with Crippen LogP contribution < -0.4 is 15.2 Å². The highest BCUT2D eigenvalue weighted by Gasteiger charge is 2.34. The Morgan fingerprint density at radius 2 is 1.82 bits per heavy atom. The molecule has 4 rings (SSSR count). The van der Waals surface area contributed by atoms with Crippen LogP contribution in [-0.4, -0.2) is 10.0 Å². The summed E-state index contributed by atoms with van der Waals surface area (Å²) in [5.41, 5.74) is 2.86. The lowest BCUT2D eigenvalue weighted by atomic mass is 9.86. The predicted octanol–water partition coefficient (Wildman–Crippen LogP) is 3.56. The summed E-state index contributed by atoms with van der Waals surface area (Å²) < 4.78 is 6.92. The van der Waals surface area contributed by atoms with Gasteiger partial charge >= 0.3 is 0 Å². The van der Waals surface area contributed by atoms with Gasteiger partial charge in [-0.3, -0.25) is 0 Å². The summed E-state index contributed by atoms with van der Waals surface area (Å²) >= 11 is 2.56. The maximum Gasteiger partial charge on any atom is 0.128 e. The first-order valence-corrected chi connectivity index (χ1v) is 9.22. The monoisotopic (exact) mass is 402 g/mol. The van der Waals surface area contributed by atoms with Crippen LogP contribution in [0.4, 0.5) is 0 Å². The maximum absolute atomic E-state index is 6.23. The second-order valence-electron chi connectivity index (χ2n) is 6.11. The normalized spacial score (nSPS) is 22.5. The van der Waals surface area contributed by atoms with E-state index in [0.29, 0.717) is 9.84 Å². The van der Waals surface area contributed by atoms with E-state index in [1.54, 1.807) is 0 Å². The Balaban J connectivity index is 1.82. The molecule has 0 spiro atoms. The molecule has 0 radical (unpaired) electrons. The van der Waals surface area contributed by atoms with Gasteiger partial charge in [-0.1, -0.05) is 72.0 Å². The van der Waals surface area contributed by atoms with Gasteiger partial charge in [0.15, 0.2) is 0 Å². The van der Waals surface area contributed by atoms with Gasteiger partial charge in [0.2, 0.25) is 0 Å². The highest BCUT2D eigenvalue weighted by Crippen LogP contribution is 2.43. The molecule has 2 aromatic rings. The second-order valence-corrected chi connectivity index (χ2v) is 7.87. The van der Waals surface area contributed by atoms with Crippen LogP contribution in [0, 0.1) is 0 Å². The Bertz CT molecular complexity index is 824. The third-order valence-corrected chi connectivity index (χ3v) is 6.01. The summed E-state index contributed by atoms with van der Waals surface area (Å²) in [4.78, 5) is 0. The Morgan fingerprint density at radius 3 is 2.59 bits per heavy atom. The van der Waals surface area contributed by atoms with E-state index in [0.717, 1.165) is 12.2 Å². The molecule has 2 heteroatoms. The van der Waals surface area contributed by atoms with Crippen molar-refractivity contribution in [3.05, 3.63) is 64.0 Å². The number of ether oxygens (including phenoxy) is 1. The molecule has 3 unspecified atom stereocenters. The molecule has 2 aliphatic rings. The molecule has 112 valence electrons. The number of fused-ring (bicyclic) bond motifs is 4. The van der Waals surface area contributed by atoms with Gasteiger partial charge in [0.25, 0.3) is 0 Å². The number of rotatable bonds is 3. The third kappa shape index (κ3) is 2.37. The Hall–Kier alpha value is -1.29. The molecule has 0 bridgehead atoms. The van der Waals surface area contributed by atoms with Crippen molar-refractivity contribution < 1.29 is 4.74 Å². The van der Waals surface area contributed by atoms with E-state index < -0.39 is 0 Å². The smallest absolute Gasteiger partial charge is 0.128 e. The van der Waals surface area contributed by atoms with Crippen molar-refractivity contribution in [2.24, 2.45) is 0 Å². The van der Waals surface area contributed by atoms with E-state index in [1.807, 2.05) is 0 Å². The summed E-state index contributed by atoms with van der Waals surface area (Å²) in [7, 11) is 0. The number of hydrogen-bond acceptors (Lipinski definition) is 1. The van der Waals surface area contributed by atoms with E-state index in [2.05, 4.69) is 84.1 Å². The topological polar surface area (TPSA) is 9.23 Å². The number of halogens is 1. The van der Waals surface area contributed by atoms with E-state index >= 15 is 0 Å². The molecule has 1 nitrogen and oxygen atoms in total. The molecule has 0 saturated carbocycles. The number of alkyl halides is 1. The summed E-state index contributed by atoms with van der Waals surface area (Å²) in [5, 5.41) is 2.62. The standard InChI is InChI=1S/C20H19IO/c1-2-16(21)10-15-8-5-9-18-20(15)17-11-13-6-3-4-7-14(13)12-19(17)22-18/h3-9,11-12,16-17,19H,2,10H2,1H3. The van der Waals surface area contributed by atoms with Crippen molar-refractivity contribution in [3.63, 3.8) is 0 Å². The molecule has 0 amide bonds. The third-order valence-electron chi connectivity index (χ3n) is 4.69. The van der Waals surface area contributed by atoms with Gasteiger partial charge < -0.3 is 4.74 Å². The molecule has 1 heterocycles. The van der Waals surface area contributed by atoms with Gasteiger partial charge in [-0.05, 0) is 41.0 Å². The molecule has 1 aliphatic heterocycles. The van der Waals surface area contributed by atoms with Crippen molar-refractivity contribution in [1.82, 2.24) is 0 Å². The van der Waals surface area contributed by atoms with Gasteiger partial charge in [-0.2, -0.15) is 0 Å². The largest absolute Gasteiger partial charge is 0.485 e. The zero-order valence-electron chi connectivity index (χ0n) is 12.6. The Morgan fingerprint density at radius 1 is 1.05 bits per heavy atom. The molecule has 0 aromatic heterocycles. The first-order chi connectivity index (χ1) is 10.8. The van der Waals surface area contributed by atoms with Gasteiger partial charge in [0.1, 0.15) is 11.9 Å². The lowest BCUT2D eigenvalue weighted by Crippen LogP contribution is -2.34. The van der Waals surface area contributed by atoms with Gasteiger partial charge in [0.05, 0.1) is 0 Å². The zero-order chi connectivity index (χ0) is 15.1. The zero-order valence-corrected chi connectivity index (χ0v) is 14.8. The summed E-state index contributed by atoms with van der Waals surface area (Å²) in [5.74, 6) is 1.44. The van der Waals surface area contributed by atoms with Crippen LogP contribution in [0.5, 0.6) is 5.75 Å². The molecular weight excluding hydrogens is 383 g/mol. The molecule has 0 fully saturated rings. The quantitative estimate of drug-likeness (QED) is 0.564. The van der Waals surface area contributed by atoms with Crippen molar-refractivity contribution in [2.45, 2.75) is 35.7 Å². The van der Waals surface area contributed by atoms with E-state index in [1.165, 1.54) is 28.0 Å². The lowest BCUT2D eigenvalue weighted by Gasteiger charge is -2.18. The fourth-order valence-electron chi connectivity index (χ4n) is 3.52. The van der Waals surface area contributed by atoms with E-state index in [4.69, 9.17) is 4.74 Å². The first kappa shape index (κ1) is 14.3. The summed E-state index contributed by atoms with van der Waals surface area (Å²) in [6, 6.07) is 15.1. The van der Waals surface area contributed by atoms with Crippen LogP contribution >= 0.6 is 22.6 Å². The van der Waals surface area contributed by atoms with Gasteiger partial charge in [-0.15, -0.1) is 0 Å². The van der Waals surface area contributed by atoms with E-state index in [9.17, 15) is 0 Å². The first-order valence-electron chi connectivity index (χ1n) is 7.97. The van der Waals surface area contributed by atoms with Crippen LogP contribution in [0.2, 0.25) is 0 Å². The van der Waals surface area contributed by atoms with Crippen molar-refractivity contribution in [3.8, 4) is 5.75 Å². The van der Waals surface area contributed by atoms with Crippen molar-refractivity contribution in [2.75, 3.05) is 0 Å². The molecule has 3 atom stereocenters. The summed E-state index contributed by atoms with van der Waals surface area (Å²) in [6.45, 7) is 2.26. The molecule has 22 heavy (non-hydrogen) atoms. The molecular formula is C20H19IO. The maximum atomic E-state index is 6.23. The van der Waals surface area contributed by atoms with Gasteiger partial charge in [-0.25, -0.2) is 0 Å². The molecule has 1 aliphatic carbocycles. The van der Waals surface area contributed by atoms with Crippen LogP contribution in [0.3, 0.4) is 0 Å². The van der Waals surface area contributed by atoms with Crippen LogP contribution in [-0.2, 0) is 6.42 Å². The van der Waals surface area contributed by atoms with E-state index in [-0.39, 0.29) is 6.10 Å². The molecule has 0 N–H and O–H groups in total. The van der Waals surface area contributed by atoms with Crippen molar-refractivity contribution in [1.29, 1.82) is 0 Å². The Kier molecular flexibility index (Phi) is 3.73. The Labute approximate surface area is 144 Å². The molecule has 2 aromatic carbocycles. The SMILES string of the molecule is CCC(I)Cc1cccc2c1C1C=c3ccccc3=CC1O2. The summed E-state index contributed by atoms with van der Waals surface area (Å²) in [6.07, 6.45) is 7.16. The van der Waals surface area contributed by atoms with Crippen molar-refractivity contribution >= 4 is 34.7 Å². The highest BCUT2D eigenvalue weighted by molar-refractivity contribution is 14.1. The number of benzene rings is 2. The van der Waals surface area contributed by atoms with Gasteiger partial charge in [0, 0.05) is 15.4 Å². The van der Waals surface area contributed by atoms with Crippen LogP contribution in [0.15, 0.2) is 42.5 Å². The van der Waals surface area contributed by atoms with Crippen LogP contribution in [0.25, 0.3) is 12.2 Å². The fourth-order valence-corrected chi connectivity index (χ4v) is 3.99. The average Bonchev–Trinajstić information content (AvgIpc) is 2.90. The minimum absolute atomic E-state index is 0.153.